The van der Waals surface area contributed by atoms with E-state index < -0.39 is 0 Å². The first-order chi connectivity index (χ1) is 10.6. The maximum absolute atomic E-state index is 12.7. The average molecular weight is 297 g/mol. The molecule has 1 aromatic carbocycles. The lowest BCUT2D eigenvalue weighted by Crippen LogP contribution is -2.38. The molecule has 1 unspecified atom stereocenters. The highest BCUT2D eigenvalue weighted by atomic mass is 16.2. The zero-order chi connectivity index (χ0) is 15.7. The molecule has 4 heteroatoms. The Morgan fingerprint density at radius 2 is 2.00 bits per heavy atom. The molecular formula is C18H23N3O. The van der Waals surface area contributed by atoms with Crippen molar-refractivity contribution in [3.05, 3.63) is 47.8 Å². The molecule has 0 aliphatic carbocycles. The summed E-state index contributed by atoms with van der Waals surface area (Å²) in [5.41, 5.74) is 2.86. The number of hydrogen-bond donors (Lipinski definition) is 0. The van der Waals surface area contributed by atoms with Crippen molar-refractivity contribution in [3.63, 3.8) is 0 Å². The topological polar surface area (TPSA) is 38.1 Å². The van der Waals surface area contributed by atoms with E-state index in [2.05, 4.69) is 18.9 Å². The summed E-state index contributed by atoms with van der Waals surface area (Å²) < 4.78 is 1.83. The predicted octanol–water partition coefficient (Wildman–Crippen LogP) is 3.44. The number of benzene rings is 1. The zero-order valence-electron chi connectivity index (χ0n) is 13.5. The highest BCUT2D eigenvalue weighted by molar-refractivity contribution is 5.94. The summed E-state index contributed by atoms with van der Waals surface area (Å²) in [6.07, 6.45) is 6.04. The fourth-order valence-electron chi connectivity index (χ4n) is 3.21. The van der Waals surface area contributed by atoms with Gasteiger partial charge in [-0.1, -0.05) is 13.8 Å². The summed E-state index contributed by atoms with van der Waals surface area (Å²) in [4.78, 5) is 14.8. The number of nitrogens with zero attached hydrogens (tertiary/aromatic N) is 3. The first kappa shape index (κ1) is 14.8. The van der Waals surface area contributed by atoms with Gasteiger partial charge < -0.3 is 4.90 Å². The van der Waals surface area contributed by atoms with E-state index in [-0.39, 0.29) is 5.91 Å². The molecule has 1 atom stereocenters. The van der Waals surface area contributed by atoms with Crippen molar-refractivity contribution in [2.75, 3.05) is 6.54 Å². The first-order valence-electron chi connectivity index (χ1n) is 7.99. The van der Waals surface area contributed by atoms with Gasteiger partial charge in [0.2, 0.25) is 0 Å². The van der Waals surface area contributed by atoms with Gasteiger partial charge in [-0.15, -0.1) is 0 Å². The molecule has 0 radical (unpaired) electrons. The van der Waals surface area contributed by atoms with Crippen LogP contribution in [0.15, 0.2) is 36.7 Å². The van der Waals surface area contributed by atoms with Gasteiger partial charge >= 0.3 is 0 Å². The van der Waals surface area contributed by atoms with Crippen LogP contribution in [0.5, 0.6) is 0 Å². The van der Waals surface area contributed by atoms with Crippen LogP contribution in [0.25, 0.3) is 5.69 Å². The van der Waals surface area contributed by atoms with E-state index in [0.717, 1.165) is 36.2 Å². The van der Waals surface area contributed by atoms with Gasteiger partial charge in [0, 0.05) is 24.3 Å². The summed E-state index contributed by atoms with van der Waals surface area (Å²) in [6, 6.07) is 8.11. The van der Waals surface area contributed by atoms with Crippen LogP contribution in [0.3, 0.4) is 0 Å². The third kappa shape index (κ3) is 2.78. The lowest BCUT2D eigenvalue weighted by atomic mass is 10.0. The third-order valence-electron chi connectivity index (χ3n) is 4.42. The molecule has 1 amide bonds. The van der Waals surface area contributed by atoms with E-state index in [1.807, 2.05) is 53.2 Å². The van der Waals surface area contributed by atoms with Crippen LogP contribution < -0.4 is 0 Å². The predicted molar refractivity (Wildman–Crippen MR) is 87.2 cm³/mol. The molecule has 116 valence electrons. The highest BCUT2D eigenvalue weighted by Crippen LogP contribution is 2.25. The SMILES string of the molecule is Cc1cnn(-c2ccc(C(=O)N3CCCC3C(C)C)cc2)c1. The van der Waals surface area contributed by atoms with E-state index in [9.17, 15) is 4.79 Å². The Hall–Kier alpha value is -2.10. The number of likely N-dealkylation sites (tertiary alicyclic amines) is 1. The Kier molecular flexibility index (Phi) is 4.01. The largest absolute Gasteiger partial charge is 0.335 e. The molecule has 22 heavy (non-hydrogen) atoms. The van der Waals surface area contributed by atoms with Gasteiger partial charge in [0.1, 0.15) is 0 Å². The van der Waals surface area contributed by atoms with Crippen molar-refractivity contribution in [2.24, 2.45) is 5.92 Å². The molecule has 0 N–H and O–H groups in total. The second-order valence-corrected chi connectivity index (χ2v) is 6.46. The Bertz CT molecular complexity index is 657. The smallest absolute Gasteiger partial charge is 0.254 e. The molecule has 2 aromatic rings. The molecule has 4 nitrogen and oxygen atoms in total. The molecule has 1 aliphatic heterocycles. The summed E-state index contributed by atoms with van der Waals surface area (Å²) in [6.45, 7) is 7.28. The first-order valence-corrected chi connectivity index (χ1v) is 7.99. The molecule has 1 aliphatic rings. The maximum atomic E-state index is 12.7. The summed E-state index contributed by atoms with van der Waals surface area (Å²) in [5.74, 6) is 0.664. The lowest BCUT2D eigenvalue weighted by molar-refractivity contribution is 0.0701. The van der Waals surface area contributed by atoms with Crippen LogP contribution in [0.4, 0.5) is 0 Å². The summed E-state index contributed by atoms with van der Waals surface area (Å²) >= 11 is 0. The van der Waals surface area contributed by atoms with Crippen molar-refractivity contribution in [1.82, 2.24) is 14.7 Å². The Morgan fingerprint density at radius 3 is 2.59 bits per heavy atom. The quantitative estimate of drug-likeness (QED) is 0.870. The molecule has 0 bridgehead atoms. The third-order valence-corrected chi connectivity index (χ3v) is 4.42. The van der Waals surface area contributed by atoms with E-state index in [1.165, 1.54) is 0 Å². The highest BCUT2D eigenvalue weighted by Gasteiger charge is 2.31. The molecule has 1 aromatic heterocycles. The van der Waals surface area contributed by atoms with Crippen molar-refractivity contribution >= 4 is 5.91 Å². The summed E-state index contributed by atoms with van der Waals surface area (Å²) in [5, 5.41) is 4.29. The molecular weight excluding hydrogens is 274 g/mol. The molecule has 0 spiro atoms. The fraction of sp³-hybridized carbons (Fsp3) is 0.444. The molecule has 1 fully saturated rings. The minimum atomic E-state index is 0.152. The van der Waals surface area contributed by atoms with Gasteiger partial charge in [-0.05, 0) is 55.5 Å². The summed E-state index contributed by atoms with van der Waals surface area (Å²) in [7, 11) is 0. The monoisotopic (exact) mass is 297 g/mol. The van der Waals surface area contributed by atoms with E-state index >= 15 is 0 Å². The van der Waals surface area contributed by atoms with Crippen molar-refractivity contribution in [1.29, 1.82) is 0 Å². The molecule has 0 saturated carbocycles. The van der Waals surface area contributed by atoms with Gasteiger partial charge in [-0.3, -0.25) is 4.79 Å². The number of aryl methyl sites for hydroxylation is 1. The van der Waals surface area contributed by atoms with Crippen LogP contribution in [0, 0.1) is 12.8 Å². The maximum Gasteiger partial charge on any atom is 0.254 e. The van der Waals surface area contributed by atoms with E-state index in [0.29, 0.717) is 12.0 Å². The number of rotatable bonds is 3. The minimum absolute atomic E-state index is 0.152. The van der Waals surface area contributed by atoms with Crippen molar-refractivity contribution in [2.45, 2.75) is 39.7 Å². The van der Waals surface area contributed by atoms with Gasteiger partial charge in [-0.2, -0.15) is 5.10 Å². The lowest BCUT2D eigenvalue weighted by Gasteiger charge is -2.27. The molecule has 1 saturated heterocycles. The van der Waals surface area contributed by atoms with Crippen LogP contribution in [-0.2, 0) is 0 Å². The number of hydrogen-bond acceptors (Lipinski definition) is 2. The number of aromatic nitrogens is 2. The zero-order valence-corrected chi connectivity index (χ0v) is 13.5. The Labute approximate surface area is 131 Å². The van der Waals surface area contributed by atoms with Gasteiger partial charge in [-0.25, -0.2) is 4.68 Å². The average Bonchev–Trinajstić information content (AvgIpc) is 3.15. The molecule has 2 heterocycles. The van der Waals surface area contributed by atoms with Crippen LogP contribution in [0.2, 0.25) is 0 Å². The number of carbonyl (C=O) groups excluding carboxylic acids is 1. The van der Waals surface area contributed by atoms with E-state index in [4.69, 9.17) is 0 Å². The van der Waals surface area contributed by atoms with Gasteiger partial charge in [0.05, 0.1) is 11.9 Å². The second kappa shape index (κ2) is 5.95. The van der Waals surface area contributed by atoms with Gasteiger partial charge in [0.25, 0.3) is 5.91 Å². The van der Waals surface area contributed by atoms with Crippen LogP contribution >= 0.6 is 0 Å². The minimum Gasteiger partial charge on any atom is -0.335 e. The molecule has 3 rings (SSSR count). The number of carbonyl (C=O) groups is 1. The van der Waals surface area contributed by atoms with Crippen LogP contribution in [0.1, 0.15) is 42.6 Å². The number of amides is 1. The second-order valence-electron chi connectivity index (χ2n) is 6.46. The van der Waals surface area contributed by atoms with Gasteiger partial charge in [0.15, 0.2) is 0 Å². The van der Waals surface area contributed by atoms with Crippen LogP contribution in [-0.4, -0.2) is 33.2 Å². The Morgan fingerprint density at radius 1 is 1.27 bits per heavy atom. The van der Waals surface area contributed by atoms with Crippen molar-refractivity contribution in [3.8, 4) is 5.69 Å². The Balaban J connectivity index is 1.79. The van der Waals surface area contributed by atoms with E-state index in [1.54, 1.807) is 0 Å². The normalized spacial score (nSPS) is 18.2. The van der Waals surface area contributed by atoms with Crippen molar-refractivity contribution < 1.29 is 4.79 Å². The standard InChI is InChI=1S/C18H23N3O/c1-13(2)17-5-4-10-20(17)18(22)15-6-8-16(9-7-15)21-12-14(3)11-19-21/h6-9,11-13,17H,4-5,10H2,1-3H3. The fourth-order valence-corrected chi connectivity index (χ4v) is 3.21.